The highest BCUT2D eigenvalue weighted by Crippen LogP contribution is 2.42. The topological polar surface area (TPSA) is 109 Å². The van der Waals surface area contributed by atoms with Crippen LogP contribution in [0.1, 0.15) is 18.7 Å². The van der Waals surface area contributed by atoms with Crippen molar-refractivity contribution in [1.29, 1.82) is 5.26 Å². The fourth-order valence-corrected chi connectivity index (χ4v) is 2.43. The molecule has 1 fully saturated rings. The van der Waals surface area contributed by atoms with Gasteiger partial charge in [-0.1, -0.05) is 0 Å². The molecule has 0 aliphatic carbocycles. The molecule has 0 spiro atoms. The molecule has 0 amide bonds. The van der Waals surface area contributed by atoms with Crippen LogP contribution in [0.2, 0.25) is 0 Å². The number of aliphatic hydroxyl groups is 1. The Kier molecular flexibility index (Phi) is 2.82. The van der Waals surface area contributed by atoms with Gasteiger partial charge < -0.3 is 15.6 Å². The number of alkyl halides is 1. The standard InChI is InChI=1S/C12H11F2N5O2/c1-12(3-15)10(20)7(14)9(21-12)6-2-5(13)8-11(16)17-4-18-19(6)8/h2,4,7,9-10,20H,1H3,(H2,16,17,18)/t7-,9-,10-,12+/m0/s1. The molecular weight excluding hydrogens is 284 g/mol. The highest BCUT2D eigenvalue weighted by molar-refractivity contribution is 5.66. The van der Waals surface area contributed by atoms with Gasteiger partial charge >= 0.3 is 0 Å². The maximum Gasteiger partial charge on any atom is 0.181 e. The summed E-state index contributed by atoms with van der Waals surface area (Å²) in [5, 5.41) is 22.6. The van der Waals surface area contributed by atoms with Gasteiger partial charge in [0, 0.05) is 6.07 Å². The maximum absolute atomic E-state index is 14.3. The number of fused-ring (bicyclic) bond motifs is 1. The molecule has 0 radical (unpaired) electrons. The second-order valence-corrected chi connectivity index (χ2v) is 4.97. The van der Waals surface area contributed by atoms with Gasteiger partial charge in [0.1, 0.15) is 30.1 Å². The van der Waals surface area contributed by atoms with Gasteiger partial charge in [0.15, 0.2) is 23.4 Å². The Hall–Kier alpha value is -2.31. The first-order valence-corrected chi connectivity index (χ1v) is 6.08. The van der Waals surface area contributed by atoms with E-state index in [0.29, 0.717) is 0 Å². The molecule has 1 saturated heterocycles. The lowest BCUT2D eigenvalue weighted by atomic mass is 9.98. The number of anilines is 1. The van der Waals surface area contributed by atoms with Crippen molar-refractivity contribution in [2.24, 2.45) is 0 Å². The largest absolute Gasteiger partial charge is 0.386 e. The second-order valence-electron chi connectivity index (χ2n) is 4.97. The third-order valence-electron chi connectivity index (χ3n) is 3.60. The number of hydrogen-bond acceptors (Lipinski definition) is 6. The minimum atomic E-state index is -1.90. The zero-order valence-electron chi connectivity index (χ0n) is 10.9. The van der Waals surface area contributed by atoms with Crippen molar-refractivity contribution in [1.82, 2.24) is 14.6 Å². The molecule has 9 heteroatoms. The molecule has 1 aliphatic heterocycles. The molecular formula is C12H11F2N5O2. The molecule has 0 saturated carbocycles. The average molecular weight is 295 g/mol. The van der Waals surface area contributed by atoms with Crippen molar-refractivity contribution in [2.45, 2.75) is 30.9 Å². The van der Waals surface area contributed by atoms with Crippen molar-refractivity contribution in [3.63, 3.8) is 0 Å². The maximum atomic E-state index is 14.3. The van der Waals surface area contributed by atoms with E-state index in [9.17, 15) is 13.9 Å². The highest BCUT2D eigenvalue weighted by Gasteiger charge is 2.54. The lowest BCUT2D eigenvalue weighted by molar-refractivity contribution is -0.0319. The first-order chi connectivity index (χ1) is 9.89. The van der Waals surface area contributed by atoms with Crippen LogP contribution in [0.4, 0.5) is 14.6 Å². The summed E-state index contributed by atoms with van der Waals surface area (Å²) in [7, 11) is 0. The third kappa shape index (κ3) is 1.76. The van der Waals surface area contributed by atoms with Crippen LogP contribution >= 0.6 is 0 Å². The Labute approximate surface area is 117 Å². The quantitative estimate of drug-likeness (QED) is 0.793. The summed E-state index contributed by atoms with van der Waals surface area (Å²) in [5.74, 6) is -0.843. The normalized spacial score (nSPS) is 32.4. The van der Waals surface area contributed by atoms with Crippen molar-refractivity contribution < 1.29 is 18.6 Å². The van der Waals surface area contributed by atoms with Gasteiger partial charge in [0.2, 0.25) is 0 Å². The lowest BCUT2D eigenvalue weighted by Crippen LogP contribution is -2.37. The van der Waals surface area contributed by atoms with Crippen LogP contribution in [0.5, 0.6) is 0 Å². The van der Waals surface area contributed by atoms with E-state index in [-0.39, 0.29) is 17.0 Å². The van der Waals surface area contributed by atoms with E-state index in [4.69, 9.17) is 15.7 Å². The van der Waals surface area contributed by atoms with Crippen molar-refractivity contribution >= 4 is 11.3 Å². The number of halogens is 2. The zero-order valence-corrected chi connectivity index (χ0v) is 10.9. The van der Waals surface area contributed by atoms with Gasteiger partial charge in [-0.25, -0.2) is 18.3 Å². The van der Waals surface area contributed by atoms with Gasteiger partial charge in [0.05, 0.1) is 5.69 Å². The molecule has 110 valence electrons. The van der Waals surface area contributed by atoms with E-state index < -0.39 is 29.8 Å². The van der Waals surface area contributed by atoms with Gasteiger partial charge in [0.25, 0.3) is 0 Å². The van der Waals surface area contributed by atoms with Gasteiger partial charge in [-0.05, 0) is 6.92 Å². The molecule has 1 aliphatic rings. The minimum absolute atomic E-state index is 0.0159. The van der Waals surface area contributed by atoms with E-state index >= 15 is 0 Å². The van der Waals surface area contributed by atoms with Crippen LogP contribution < -0.4 is 5.73 Å². The predicted octanol–water partition coefficient (Wildman–Crippen LogP) is 0.503. The molecule has 7 nitrogen and oxygen atoms in total. The Bertz CT molecular complexity index is 758. The number of ether oxygens (including phenoxy) is 1. The van der Waals surface area contributed by atoms with Crippen molar-refractivity contribution in [3.8, 4) is 6.07 Å². The predicted molar refractivity (Wildman–Crippen MR) is 66.1 cm³/mol. The number of nitrogens with zero attached hydrogens (tertiary/aromatic N) is 4. The molecule has 0 aromatic carbocycles. The Balaban J connectivity index is 2.15. The molecule has 0 bridgehead atoms. The van der Waals surface area contributed by atoms with Gasteiger partial charge in [-0.3, -0.25) is 0 Å². The fourth-order valence-electron chi connectivity index (χ4n) is 2.43. The number of nitriles is 1. The minimum Gasteiger partial charge on any atom is -0.386 e. The Morgan fingerprint density at radius 3 is 2.95 bits per heavy atom. The number of rotatable bonds is 1. The first-order valence-electron chi connectivity index (χ1n) is 6.08. The van der Waals surface area contributed by atoms with E-state index in [1.165, 1.54) is 6.92 Å². The van der Waals surface area contributed by atoms with E-state index in [1.807, 2.05) is 0 Å². The first kappa shape index (κ1) is 13.7. The summed E-state index contributed by atoms with van der Waals surface area (Å²) < 4.78 is 34.5. The summed E-state index contributed by atoms with van der Waals surface area (Å²) in [4.78, 5) is 3.66. The van der Waals surface area contributed by atoms with E-state index in [0.717, 1.165) is 16.9 Å². The number of nitrogens with two attached hydrogens (primary N) is 1. The summed E-state index contributed by atoms with van der Waals surface area (Å²) in [6, 6.07) is 2.72. The van der Waals surface area contributed by atoms with Crippen LogP contribution in [-0.2, 0) is 4.74 Å². The summed E-state index contributed by atoms with van der Waals surface area (Å²) in [5.41, 5.74) is 3.75. The van der Waals surface area contributed by atoms with Crippen LogP contribution in [0.25, 0.3) is 5.52 Å². The Morgan fingerprint density at radius 1 is 1.62 bits per heavy atom. The lowest BCUT2D eigenvalue weighted by Gasteiger charge is -2.17. The van der Waals surface area contributed by atoms with Crippen LogP contribution in [0.3, 0.4) is 0 Å². The summed E-state index contributed by atoms with van der Waals surface area (Å²) in [6.45, 7) is 1.26. The highest BCUT2D eigenvalue weighted by atomic mass is 19.1. The summed E-state index contributed by atoms with van der Waals surface area (Å²) >= 11 is 0. The second kappa shape index (κ2) is 4.34. The number of aromatic nitrogens is 3. The number of nitrogen functional groups attached to an aromatic ring is 1. The van der Waals surface area contributed by atoms with Crippen molar-refractivity contribution in [2.75, 3.05) is 5.73 Å². The Morgan fingerprint density at radius 2 is 2.33 bits per heavy atom. The number of aliphatic hydroxyl groups excluding tert-OH is 1. The zero-order chi connectivity index (χ0) is 15.4. The fraction of sp³-hybridized carbons (Fsp3) is 0.417. The molecule has 3 heterocycles. The number of hydrogen-bond donors (Lipinski definition) is 2. The molecule has 2 aromatic rings. The SMILES string of the molecule is C[C@]1(C#N)O[C@@H](c2cc(F)c3c(N)ncnn23)[C@H](F)[C@@H]1O. The molecule has 0 unspecified atom stereocenters. The van der Waals surface area contributed by atoms with Crippen LogP contribution in [0.15, 0.2) is 12.4 Å². The molecule has 4 atom stereocenters. The van der Waals surface area contributed by atoms with E-state index in [1.54, 1.807) is 6.07 Å². The monoisotopic (exact) mass is 295 g/mol. The van der Waals surface area contributed by atoms with Gasteiger partial charge in [-0.2, -0.15) is 10.4 Å². The van der Waals surface area contributed by atoms with Crippen LogP contribution in [-0.4, -0.2) is 37.6 Å². The molecule has 3 rings (SSSR count). The third-order valence-corrected chi connectivity index (χ3v) is 3.60. The molecule has 21 heavy (non-hydrogen) atoms. The molecule has 3 N–H and O–H groups in total. The smallest absolute Gasteiger partial charge is 0.181 e. The van der Waals surface area contributed by atoms with Crippen LogP contribution in [0, 0.1) is 17.1 Å². The van der Waals surface area contributed by atoms with E-state index in [2.05, 4.69) is 10.1 Å². The average Bonchev–Trinajstić information content (AvgIpc) is 2.91. The van der Waals surface area contributed by atoms with Gasteiger partial charge in [-0.15, -0.1) is 0 Å². The summed E-state index contributed by atoms with van der Waals surface area (Å²) in [6.07, 6.45) is -3.80. The van der Waals surface area contributed by atoms with Crippen molar-refractivity contribution in [3.05, 3.63) is 23.9 Å². The molecule has 2 aromatic heterocycles.